The molecule has 0 amide bonds. The van der Waals surface area contributed by atoms with Gasteiger partial charge in [0.1, 0.15) is 0 Å². The lowest BCUT2D eigenvalue weighted by Gasteiger charge is -2.24. The lowest BCUT2D eigenvalue weighted by molar-refractivity contribution is 0.156. The maximum Gasteiger partial charge on any atom is 0.213 e. The molecule has 2 N–H and O–H groups in total. The number of nitrogens with zero attached hydrogens (tertiary/aromatic N) is 2. The summed E-state index contributed by atoms with van der Waals surface area (Å²) in [6.45, 7) is 4.15. The zero-order chi connectivity index (χ0) is 18.5. The second-order valence-corrected chi connectivity index (χ2v) is 9.00. The van der Waals surface area contributed by atoms with Gasteiger partial charge in [0.25, 0.3) is 0 Å². The number of hydrogen-bond acceptors (Lipinski definition) is 4. The fourth-order valence-electron chi connectivity index (χ4n) is 3.58. The third-order valence-corrected chi connectivity index (χ3v) is 6.45. The molecule has 2 fully saturated rings. The van der Waals surface area contributed by atoms with Crippen LogP contribution in [0.5, 0.6) is 0 Å². The summed E-state index contributed by atoms with van der Waals surface area (Å²) in [5, 5.41) is 3.19. The lowest BCUT2D eigenvalue weighted by Crippen LogP contribution is -2.43. The molecule has 1 aromatic rings. The Bertz CT molecular complexity index is 715. The Hall–Kier alpha value is -1.64. The van der Waals surface area contributed by atoms with Crippen LogP contribution >= 0.6 is 0 Å². The summed E-state index contributed by atoms with van der Waals surface area (Å²) in [6.07, 6.45) is 2.20. The Labute approximate surface area is 155 Å². The van der Waals surface area contributed by atoms with E-state index in [-0.39, 0.29) is 11.2 Å². The van der Waals surface area contributed by atoms with E-state index in [9.17, 15) is 8.42 Å². The first kappa shape index (κ1) is 19.1. The van der Waals surface area contributed by atoms with Gasteiger partial charge in [0.05, 0.1) is 12.4 Å². The molecule has 7 nitrogen and oxygen atoms in total. The maximum absolute atomic E-state index is 12.2. The summed E-state index contributed by atoms with van der Waals surface area (Å²) < 4.78 is 32.6. The standard InChI is InChI=1S/C18H28N4O3S/c1-19-17(22-10-7-18(14-22)8-11-25-15-18)20-9-12-26(23,24)21-13-16-5-3-2-4-6-16/h2-6,21H,7-15H2,1H3,(H,19,20). The first-order valence-corrected chi connectivity index (χ1v) is 10.7. The molecule has 0 saturated carbocycles. The molecule has 26 heavy (non-hydrogen) atoms. The molecule has 2 saturated heterocycles. The molecule has 0 bridgehead atoms. The summed E-state index contributed by atoms with van der Waals surface area (Å²) in [7, 11) is -1.60. The molecule has 2 heterocycles. The number of benzene rings is 1. The molecule has 2 aliphatic rings. The smallest absolute Gasteiger partial charge is 0.213 e. The van der Waals surface area contributed by atoms with Gasteiger partial charge in [0.15, 0.2) is 5.96 Å². The van der Waals surface area contributed by atoms with Crippen LogP contribution in [0.2, 0.25) is 0 Å². The summed E-state index contributed by atoms with van der Waals surface area (Å²) in [5.41, 5.74) is 1.20. The number of likely N-dealkylation sites (tertiary alicyclic amines) is 1. The van der Waals surface area contributed by atoms with Crippen molar-refractivity contribution >= 4 is 16.0 Å². The van der Waals surface area contributed by atoms with Crippen molar-refractivity contribution < 1.29 is 13.2 Å². The highest BCUT2D eigenvalue weighted by Gasteiger charge is 2.42. The topological polar surface area (TPSA) is 83.0 Å². The zero-order valence-corrected chi connectivity index (χ0v) is 16.1. The number of hydrogen-bond donors (Lipinski definition) is 2. The van der Waals surface area contributed by atoms with Gasteiger partial charge in [-0.05, 0) is 18.4 Å². The lowest BCUT2D eigenvalue weighted by atomic mass is 9.87. The summed E-state index contributed by atoms with van der Waals surface area (Å²) in [6, 6.07) is 9.51. The normalized spacial score (nSPS) is 23.7. The van der Waals surface area contributed by atoms with Crippen molar-refractivity contribution in [2.45, 2.75) is 19.4 Å². The molecule has 1 unspecified atom stereocenters. The predicted molar refractivity (Wildman–Crippen MR) is 102 cm³/mol. The first-order valence-electron chi connectivity index (χ1n) is 9.07. The first-order chi connectivity index (χ1) is 12.5. The van der Waals surface area contributed by atoms with E-state index in [1.807, 2.05) is 30.3 Å². The number of guanidine groups is 1. The third-order valence-electron chi connectivity index (χ3n) is 5.13. The van der Waals surface area contributed by atoms with E-state index in [1.54, 1.807) is 7.05 Å². The Kier molecular flexibility index (Phi) is 6.16. The SMILES string of the molecule is CN=C(NCCS(=O)(=O)NCc1ccccc1)N1CCC2(CCOC2)C1. The second kappa shape index (κ2) is 8.37. The highest BCUT2D eigenvalue weighted by atomic mass is 32.2. The van der Waals surface area contributed by atoms with Crippen LogP contribution in [0, 0.1) is 5.41 Å². The minimum atomic E-state index is -3.34. The molecule has 1 atom stereocenters. The highest BCUT2D eigenvalue weighted by molar-refractivity contribution is 7.89. The van der Waals surface area contributed by atoms with Crippen LogP contribution in [0.4, 0.5) is 0 Å². The number of ether oxygens (including phenoxy) is 1. The van der Waals surface area contributed by atoms with Crippen LogP contribution in [0.25, 0.3) is 0 Å². The molecule has 144 valence electrons. The van der Waals surface area contributed by atoms with E-state index in [0.717, 1.165) is 50.7 Å². The van der Waals surface area contributed by atoms with Gasteiger partial charge >= 0.3 is 0 Å². The van der Waals surface area contributed by atoms with Crippen LogP contribution in [0.15, 0.2) is 35.3 Å². The largest absolute Gasteiger partial charge is 0.381 e. The second-order valence-electron chi connectivity index (χ2n) is 7.07. The monoisotopic (exact) mass is 380 g/mol. The van der Waals surface area contributed by atoms with E-state index in [0.29, 0.717) is 13.1 Å². The summed E-state index contributed by atoms with van der Waals surface area (Å²) >= 11 is 0. The van der Waals surface area contributed by atoms with Crippen molar-refractivity contribution in [2.24, 2.45) is 10.4 Å². The Balaban J connectivity index is 1.44. The number of rotatable bonds is 6. The van der Waals surface area contributed by atoms with Crippen molar-refractivity contribution in [3.05, 3.63) is 35.9 Å². The van der Waals surface area contributed by atoms with Gasteiger partial charge in [-0.3, -0.25) is 4.99 Å². The van der Waals surface area contributed by atoms with E-state index >= 15 is 0 Å². The van der Waals surface area contributed by atoms with Crippen LogP contribution in [-0.4, -0.2) is 64.9 Å². The van der Waals surface area contributed by atoms with E-state index in [1.165, 1.54) is 0 Å². The Morgan fingerprint density at radius 1 is 1.31 bits per heavy atom. The van der Waals surface area contributed by atoms with Crippen LogP contribution < -0.4 is 10.0 Å². The van der Waals surface area contributed by atoms with Gasteiger partial charge in [-0.25, -0.2) is 13.1 Å². The number of aliphatic imine (C=N–C) groups is 1. The quantitative estimate of drug-likeness (QED) is 0.563. The third kappa shape index (κ3) is 4.96. The van der Waals surface area contributed by atoms with E-state index in [2.05, 4.69) is 19.9 Å². The zero-order valence-electron chi connectivity index (χ0n) is 15.3. The molecular weight excluding hydrogens is 352 g/mol. The molecule has 0 radical (unpaired) electrons. The molecule has 1 aromatic carbocycles. The molecule has 3 rings (SSSR count). The molecule has 0 aliphatic carbocycles. The van der Waals surface area contributed by atoms with Crippen LogP contribution in [0.3, 0.4) is 0 Å². The van der Waals surface area contributed by atoms with Gasteiger partial charge in [0.2, 0.25) is 10.0 Å². The van der Waals surface area contributed by atoms with Crippen LogP contribution in [-0.2, 0) is 21.3 Å². The Morgan fingerprint density at radius 3 is 2.81 bits per heavy atom. The minimum absolute atomic E-state index is 0.0148. The van der Waals surface area contributed by atoms with E-state index in [4.69, 9.17) is 4.74 Å². The van der Waals surface area contributed by atoms with Gasteiger partial charge in [0, 0.05) is 45.2 Å². The number of nitrogens with one attached hydrogen (secondary N) is 2. The molecule has 0 aromatic heterocycles. The van der Waals surface area contributed by atoms with Crippen molar-refractivity contribution in [2.75, 3.05) is 45.6 Å². The van der Waals surface area contributed by atoms with Crippen molar-refractivity contribution in [1.82, 2.24) is 14.9 Å². The average Bonchev–Trinajstić information content (AvgIpc) is 3.28. The molecule has 8 heteroatoms. The van der Waals surface area contributed by atoms with Crippen molar-refractivity contribution in [3.8, 4) is 0 Å². The molecule has 2 aliphatic heterocycles. The van der Waals surface area contributed by atoms with Gasteiger partial charge in [-0.15, -0.1) is 0 Å². The highest BCUT2D eigenvalue weighted by Crippen LogP contribution is 2.38. The van der Waals surface area contributed by atoms with Gasteiger partial charge in [-0.1, -0.05) is 30.3 Å². The van der Waals surface area contributed by atoms with E-state index < -0.39 is 10.0 Å². The fraction of sp³-hybridized carbons (Fsp3) is 0.611. The maximum atomic E-state index is 12.2. The van der Waals surface area contributed by atoms with Gasteiger partial charge in [-0.2, -0.15) is 0 Å². The predicted octanol–water partition coefficient (Wildman–Crippen LogP) is 0.794. The molecular formula is C18H28N4O3S. The van der Waals surface area contributed by atoms with Crippen molar-refractivity contribution in [3.63, 3.8) is 0 Å². The van der Waals surface area contributed by atoms with Crippen LogP contribution in [0.1, 0.15) is 18.4 Å². The van der Waals surface area contributed by atoms with Gasteiger partial charge < -0.3 is 15.0 Å². The molecule has 1 spiro atoms. The summed E-state index contributed by atoms with van der Waals surface area (Å²) in [4.78, 5) is 6.52. The Morgan fingerprint density at radius 2 is 2.12 bits per heavy atom. The van der Waals surface area contributed by atoms with Crippen molar-refractivity contribution in [1.29, 1.82) is 0 Å². The summed E-state index contributed by atoms with van der Waals surface area (Å²) in [5.74, 6) is 0.785. The average molecular weight is 381 g/mol. The minimum Gasteiger partial charge on any atom is -0.381 e. The number of sulfonamides is 1. The fourth-order valence-corrected chi connectivity index (χ4v) is 4.48.